The maximum atomic E-state index is 13.0. The molecule has 1 amide bonds. The molecular weight excluding hydrogens is 373 g/mol. The zero-order chi connectivity index (χ0) is 19.7. The van der Waals surface area contributed by atoms with Gasteiger partial charge in [0.25, 0.3) is 5.91 Å². The lowest BCUT2D eigenvalue weighted by molar-refractivity contribution is -0.137. The number of nitrogens with zero attached hydrogens (tertiary/aromatic N) is 5. The van der Waals surface area contributed by atoms with Crippen LogP contribution in [0.5, 0.6) is 0 Å². The second kappa shape index (κ2) is 7.10. The summed E-state index contributed by atoms with van der Waals surface area (Å²) >= 11 is 0. The molecule has 0 radical (unpaired) electrons. The van der Waals surface area contributed by atoms with E-state index in [4.69, 9.17) is 0 Å². The quantitative estimate of drug-likeness (QED) is 0.744. The molecule has 1 N–H and O–H groups in total. The van der Waals surface area contributed by atoms with Crippen LogP contribution in [0, 0.1) is 0 Å². The Morgan fingerprint density at radius 2 is 1.79 bits per heavy atom. The Kier molecular flexibility index (Phi) is 4.62. The maximum Gasteiger partial charge on any atom is 0.417 e. The largest absolute Gasteiger partial charge is 0.417 e. The van der Waals surface area contributed by atoms with Crippen molar-refractivity contribution < 1.29 is 18.0 Å². The number of anilines is 1. The van der Waals surface area contributed by atoms with Gasteiger partial charge in [-0.3, -0.25) is 14.2 Å². The summed E-state index contributed by atoms with van der Waals surface area (Å²) in [5.74, 6) is 0.212. The topological polar surface area (TPSA) is 75.4 Å². The van der Waals surface area contributed by atoms with Crippen molar-refractivity contribution >= 4 is 17.5 Å². The number of carbonyl (C=O) groups excluding carboxylic acids is 1. The number of hydrogen-bond acceptors (Lipinski definition) is 5. The molecule has 0 spiro atoms. The Morgan fingerprint density at radius 1 is 1.07 bits per heavy atom. The van der Waals surface area contributed by atoms with E-state index in [0.717, 1.165) is 12.3 Å². The fourth-order valence-corrected chi connectivity index (χ4v) is 3.26. The molecule has 0 bridgehead atoms. The molecule has 146 valence electrons. The molecule has 1 saturated heterocycles. The van der Waals surface area contributed by atoms with Crippen molar-refractivity contribution in [3.63, 3.8) is 0 Å². The molecular formula is C18H17F3N6O. The highest BCUT2D eigenvalue weighted by Crippen LogP contribution is 2.30. The summed E-state index contributed by atoms with van der Waals surface area (Å²) in [5.41, 5.74) is 0.150. The minimum absolute atomic E-state index is 0.0122. The Bertz CT molecular complexity index is 980. The smallest absolute Gasteiger partial charge is 0.349 e. The molecule has 1 aliphatic heterocycles. The van der Waals surface area contributed by atoms with Crippen molar-refractivity contribution in [1.29, 1.82) is 0 Å². The number of nitrogens with one attached hydrogen (secondary N) is 1. The minimum atomic E-state index is -4.43. The zero-order valence-electron chi connectivity index (χ0n) is 14.7. The first-order chi connectivity index (χ1) is 13.4. The van der Waals surface area contributed by atoms with Gasteiger partial charge in [-0.15, -0.1) is 10.2 Å². The Hall–Kier alpha value is -3.17. The number of carbonyl (C=O) groups is 1. The summed E-state index contributed by atoms with van der Waals surface area (Å²) in [4.78, 5) is 18.0. The van der Waals surface area contributed by atoms with E-state index in [2.05, 4.69) is 20.5 Å². The lowest BCUT2D eigenvalue weighted by Crippen LogP contribution is -2.45. The first kappa shape index (κ1) is 18.2. The molecule has 0 aromatic carbocycles. The number of halogens is 3. The van der Waals surface area contributed by atoms with Crippen molar-refractivity contribution in [2.45, 2.75) is 25.1 Å². The number of rotatable bonds is 3. The van der Waals surface area contributed by atoms with Crippen molar-refractivity contribution in [2.24, 2.45) is 0 Å². The number of hydrogen-bond donors (Lipinski definition) is 1. The van der Waals surface area contributed by atoms with E-state index in [0.29, 0.717) is 43.1 Å². The fraction of sp³-hybridized carbons (Fsp3) is 0.333. The van der Waals surface area contributed by atoms with E-state index in [1.54, 1.807) is 24.5 Å². The van der Waals surface area contributed by atoms with Crippen LogP contribution in [-0.4, -0.2) is 44.6 Å². The van der Waals surface area contributed by atoms with E-state index in [-0.39, 0.29) is 11.9 Å². The predicted molar refractivity (Wildman–Crippen MR) is 94.9 cm³/mol. The van der Waals surface area contributed by atoms with Gasteiger partial charge in [-0.1, -0.05) is 0 Å². The van der Waals surface area contributed by atoms with Gasteiger partial charge in [-0.25, -0.2) is 0 Å². The van der Waals surface area contributed by atoms with Gasteiger partial charge in [0.1, 0.15) is 0 Å². The molecule has 0 atom stereocenters. The molecule has 3 aromatic heterocycles. The van der Waals surface area contributed by atoms with E-state index in [9.17, 15) is 18.0 Å². The molecule has 3 aromatic rings. The van der Waals surface area contributed by atoms with Gasteiger partial charge in [-0.2, -0.15) is 13.2 Å². The monoisotopic (exact) mass is 390 g/mol. The maximum absolute atomic E-state index is 13.0. The summed E-state index contributed by atoms with van der Waals surface area (Å²) in [6, 6.07) is 5.58. The van der Waals surface area contributed by atoms with Crippen LogP contribution in [-0.2, 0) is 6.18 Å². The van der Waals surface area contributed by atoms with Crippen molar-refractivity contribution in [2.75, 3.05) is 18.0 Å². The molecule has 4 heterocycles. The van der Waals surface area contributed by atoms with E-state index in [1.807, 2.05) is 4.90 Å². The van der Waals surface area contributed by atoms with Crippen LogP contribution in [0.1, 0.15) is 28.8 Å². The molecule has 1 fully saturated rings. The van der Waals surface area contributed by atoms with Crippen LogP contribution in [0.2, 0.25) is 0 Å². The second-order valence-corrected chi connectivity index (χ2v) is 6.61. The van der Waals surface area contributed by atoms with Gasteiger partial charge >= 0.3 is 6.18 Å². The average molecular weight is 390 g/mol. The highest BCUT2D eigenvalue weighted by atomic mass is 19.4. The summed E-state index contributed by atoms with van der Waals surface area (Å²) < 4.78 is 40.4. The molecule has 0 unspecified atom stereocenters. The molecule has 1 aliphatic rings. The Morgan fingerprint density at radius 3 is 2.46 bits per heavy atom. The van der Waals surface area contributed by atoms with E-state index < -0.39 is 11.7 Å². The molecule has 0 saturated carbocycles. The molecule has 4 rings (SSSR count). The van der Waals surface area contributed by atoms with E-state index >= 15 is 0 Å². The van der Waals surface area contributed by atoms with Gasteiger partial charge in [-0.05, 0) is 37.1 Å². The number of fused-ring (bicyclic) bond motifs is 1. The molecule has 10 heteroatoms. The zero-order valence-corrected chi connectivity index (χ0v) is 14.7. The fourth-order valence-electron chi connectivity index (χ4n) is 3.26. The average Bonchev–Trinajstić information content (AvgIpc) is 3.12. The third kappa shape index (κ3) is 3.62. The Labute approximate surface area is 158 Å². The van der Waals surface area contributed by atoms with Gasteiger partial charge in [0.2, 0.25) is 5.95 Å². The minimum Gasteiger partial charge on any atom is -0.349 e. The van der Waals surface area contributed by atoms with Crippen LogP contribution in [0.3, 0.4) is 0 Å². The molecule has 0 aliphatic carbocycles. The number of aromatic nitrogens is 4. The van der Waals surface area contributed by atoms with Gasteiger partial charge in [0.05, 0.1) is 5.56 Å². The summed E-state index contributed by atoms with van der Waals surface area (Å²) in [7, 11) is 0. The normalized spacial score (nSPS) is 15.8. The lowest BCUT2D eigenvalue weighted by Gasteiger charge is -2.32. The SMILES string of the molecule is O=C(NC1CCN(c2nnc3ccc(C(F)(F)F)cn23)CC1)c1ccncc1. The van der Waals surface area contributed by atoms with Crippen LogP contribution in [0.4, 0.5) is 19.1 Å². The third-order valence-corrected chi connectivity index (χ3v) is 4.77. The second-order valence-electron chi connectivity index (χ2n) is 6.61. The van der Waals surface area contributed by atoms with Gasteiger partial charge < -0.3 is 10.2 Å². The summed E-state index contributed by atoms with van der Waals surface area (Å²) in [6.45, 7) is 1.11. The van der Waals surface area contributed by atoms with Crippen molar-refractivity contribution in [3.05, 3.63) is 54.0 Å². The Balaban J connectivity index is 1.44. The third-order valence-electron chi connectivity index (χ3n) is 4.77. The lowest BCUT2D eigenvalue weighted by atomic mass is 10.0. The number of alkyl halides is 3. The number of amides is 1. The van der Waals surface area contributed by atoms with Crippen LogP contribution in [0.25, 0.3) is 5.65 Å². The van der Waals surface area contributed by atoms with Crippen molar-refractivity contribution in [1.82, 2.24) is 24.9 Å². The van der Waals surface area contributed by atoms with Gasteiger partial charge in [0, 0.05) is 43.3 Å². The van der Waals surface area contributed by atoms with Gasteiger partial charge in [0.15, 0.2) is 5.65 Å². The molecule has 28 heavy (non-hydrogen) atoms. The van der Waals surface area contributed by atoms with Crippen LogP contribution < -0.4 is 10.2 Å². The first-order valence-corrected chi connectivity index (χ1v) is 8.79. The highest BCUT2D eigenvalue weighted by molar-refractivity contribution is 5.94. The molecule has 7 nitrogen and oxygen atoms in total. The van der Waals surface area contributed by atoms with Crippen LogP contribution >= 0.6 is 0 Å². The number of piperidine rings is 1. The van der Waals surface area contributed by atoms with Crippen molar-refractivity contribution in [3.8, 4) is 0 Å². The summed E-state index contributed by atoms with van der Waals surface area (Å²) in [5, 5.41) is 11.0. The van der Waals surface area contributed by atoms with E-state index in [1.165, 1.54) is 10.5 Å². The van der Waals surface area contributed by atoms with Crippen LogP contribution in [0.15, 0.2) is 42.9 Å². The summed E-state index contributed by atoms with van der Waals surface area (Å²) in [6.07, 6.45) is 1.02. The highest BCUT2D eigenvalue weighted by Gasteiger charge is 2.32. The first-order valence-electron chi connectivity index (χ1n) is 8.79. The predicted octanol–water partition coefficient (Wildman–Crippen LogP) is 2.54. The number of pyridine rings is 2. The standard InChI is InChI=1S/C18H17F3N6O/c19-18(20,21)13-1-2-15-24-25-17(27(15)11-13)26-9-5-14(6-10-26)23-16(28)12-3-7-22-8-4-12/h1-4,7-8,11,14H,5-6,9-10H2,(H,23,28).